The van der Waals surface area contributed by atoms with Gasteiger partial charge in [0.05, 0.1) is 6.04 Å². The van der Waals surface area contributed by atoms with Crippen LogP contribution in [-0.2, 0) is 11.2 Å². The van der Waals surface area contributed by atoms with E-state index in [2.05, 4.69) is 32.0 Å². The summed E-state index contributed by atoms with van der Waals surface area (Å²) < 4.78 is 0. The van der Waals surface area contributed by atoms with Crippen LogP contribution in [0.1, 0.15) is 37.0 Å². The van der Waals surface area contributed by atoms with Crippen molar-refractivity contribution in [1.29, 1.82) is 0 Å². The maximum atomic E-state index is 11.8. The van der Waals surface area contributed by atoms with E-state index in [-0.39, 0.29) is 11.8 Å². The van der Waals surface area contributed by atoms with Gasteiger partial charge < -0.3 is 5.73 Å². The Morgan fingerprint density at radius 1 is 1.29 bits per heavy atom. The third-order valence-electron chi connectivity index (χ3n) is 2.96. The van der Waals surface area contributed by atoms with Gasteiger partial charge in [0.1, 0.15) is 5.78 Å². The van der Waals surface area contributed by atoms with E-state index in [9.17, 15) is 4.79 Å². The van der Waals surface area contributed by atoms with Crippen LogP contribution in [0, 0.1) is 19.8 Å². The number of benzene rings is 1. The molecular weight excluding hydrogens is 210 g/mol. The normalized spacial score (nSPS) is 12.8. The predicted molar refractivity (Wildman–Crippen MR) is 72.1 cm³/mol. The van der Waals surface area contributed by atoms with Crippen molar-refractivity contribution in [3.05, 3.63) is 34.9 Å². The molecule has 2 N–H and O–H groups in total. The van der Waals surface area contributed by atoms with Crippen LogP contribution < -0.4 is 5.73 Å². The summed E-state index contributed by atoms with van der Waals surface area (Å²) in [6.45, 7) is 8.23. The summed E-state index contributed by atoms with van der Waals surface area (Å²) in [4.78, 5) is 11.8. The Kier molecular flexibility index (Phi) is 4.88. The van der Waals surface area contributed by atoms with E-state index >= 15 is 0 Å². The Hall–Kier alpha value is -1.15. The Morgan fingerprint density at radius 2 is 1.94 bits per heavy atom. The molecule has 0 saturated carbocycles. The molecule has 2 heteroatoms. The fourth-order valence-corrected chi connectivity index (χ4v) is 1.98. The lowest BCUT2D eigenvalue weighted by Crippen LogP contribution is -2.33. The minimum absolute atomic E-state index is 0.167. The highest BCUT2D eigenvalue weighted by Gasteiger charge is 2.16. The first-order valence-electron chi connectivity index (χ1n) is 6.24. The molecule has 0 aliphatic heterocycles. The van der Waals surface area contributed by atoms with Crippen molar-refractivity contribution in [3.63, 3.8) is 0 Å². The number of nitrogens with two attached hydrogens (primary N) is 1. The summed E-state index contributed by atoms with van der Waals surface area (Å²) in [5.74, 6) is 0.549. The lowest BCUT2D eigenvalue weighted by atomic mass is 9.94. The summed E-state index contributed by atoms with van der Waals surface area (Å²) in [5.41, 5.74) is 9.60. The summed E-state index contributed by atoms with van der Waals surface area (Å²) in [6, 6.07) is 5.92. The Balaban J connectivity index is 2.67. The molecular formula is C15H23NO. The molecule has 1 aromatic rings. The summed E-state index contributed by atoms with van der Waals surface area (Å²) in [5, 5.41) is 0. The van der Waals surface area contributed by atoms with Crippen LogP contribution in [0.4, 0.5) is 0 Å². The maximum absolute atomic E-state index is 11.8. The van der Waals surface area contributed by atoms with Crippen molar-refractivity contribution in [2.24, 2.45) is 11.7 Å². The minimum Gasteiger partial charge on any atom is -0.321 e. The van der Waals surface area contributed by atoms with Gasteiger partial charge in [-0.1, -0.05) is 37.6 Å². The second-order valence-electron chi connectivity index (χ2n) is 5.30. The molecule has 0 spiro atoms. The number of hydrogen-bond acceptors (Lipinski definition) is 2. The Labute approximate surface area is 104 Å². The molecule has 0 heterocycles. The molecule has 1 unspecified atom stereocenters. The first-order chi connectivity index (χ1) is 7.90. The van der Waals surface area contributed by atoms with Gasteiger partial charge in [0.15, 0.2) is 0 Å². The molecule has 0 aliphatic rings. The lowest BCUT2D eigenvalue weighted by molar-refractivity contribution is -0.120. The zero-order valence-electron chi connectivity index (χ0n) is 11.3. The monoisotopic (exact) mass is 233 g/mol. The number of hydrogen-bond donors (Lipinski definition) is 1. The van der Waals surface area contributed by atoms with Gasteiger partial charge in [-0.15, -0.1) is 0 Å². The highest BCUT2D eigenvalue weighted by molar-refractivity contribution is 5.84. The topological polar surface area (TPSA) is 43.1 Å². The number of rotatable bonds is 5. The van der Waals surface area contributed by atoms with E-state index in [4.69, 9.17) is 5.73 Å². The zero-order valence-corrected chi connectivity index (χ0v) is 11.3. The van der Waals surface area contributed by atoms with E-state index in [1.54, 1.807) is 0 Å². The average molecular weight is 233 g/mol. The van der Waals surface area contributed by atoms with E-state index in [1.807, 2.05) is 13.8 Å². The summed E-state index contributed by atoms with van der Waals surface area (Å²) >= 11 is 0. The zero-order chi connectivity index (χ0) is 13.0. The average Bonchev–Trinajstić information content (AvgIpc) is 2.21. The largest absolute Gasteiger partial charge is 0.321 e. The molecule has 1 rings (SSSR count). The standard InChI is InChI=1S/C15H23NO/c1-10(2)7-15(17)14(16)9-13-6-5-11(3)8-12(13)4/h5-6,8,10,14H,7,9,16H2,1-4H3. The molecule has 0 saturated heterocycles. The molecule has 0 fully saturated rings. The van der Waals surface area contributed by atoms with E-state index in [0.29, 0.717) is 18.8 Å². The van der Waals surface area contributed by atoms with Crippen molar-refractivity contribution < 1.29 is 4.79 Å². The van der Waals surface area contributed by atoms with Crippen LogP contribution in [-0.4, -0.2) is 11.8 Å². The molecule has 0 bridgehead atoms. The van der Waals surface area contributed by atoms with Crippen molar-refractivity contribution >= 4 is 5.78 Å². The minimum atomic E-state index is -0.362. The summed E-state index contributed by atoms with van der Waals surface area (Å²) in [7, 11) is 0. The van der Waals surface area contributed by atoms with Gasteiger partial charge in [-0.05, 0) is 37.3 Å². The number of aryl methyl sites for hydroxylation is 2. The molecule has 0 amide bonds. The molecule has 17 heavy (non-hydrogen) atoms. The Morgan fingerprint density at radius 3 is 2.47 bits per heavy atom. The van der Waals surface area contributed by atoms with Crippen molar-refractivity contribution in [1.82, 2.24) is 0 Å². The summed E-state index contributed by atoms with van der Waals surface area (Å²) in [6.07, 6.45) is 1.23. The smallest absolute Gasteiger partial charge is 0.150 e. The van der Waals surface area contributed by atoms with Crippen molar-refractivity contribution in [2.75, 3.05) is 0 Å². The van der Waals surface area contributed by atoms with Gasteiger partial charge >= 0.3 is 0 Å². The van der Waals surface area contributed by atoms with Crippen LogP contribution in [0.2, 0.25) is 0 Å². The van der Waals surface area contributed by atoms with Gasteiger partial charge in [0.2, 0.25) is 0 Å². The van der Waals surface area contributed by atoms with Gasteiger partial charge in [-0.25, -0.2) is 0 Å². The van der Waals surface area contributed by atoms with Crippen LogP contribution >= 0.6 is 0 Å². The van der Waals surface area contributed by atoms with Crippen LogP contribution in [0.5, 0.6) is 0 Å². The van der Waals surface area contributed by atoms with Crippen LogP contribution in [0.3, 0.4) is 0 Å². The van der Waals surface area contributed by atoms with Crippen molar-refractivity contribution in [3.8, 4) is 0 Å². The number of ketones is 1. The first kappa shape index (κ1) is 13.9. The van der Waals surface area contributed by atoms with E-state index < -0.39 is 0 Å². The molecule has 0 aliphatic carbocycles. The SMILES string of the molecule is Cc1ccc(CC(N)C(=O)CC(C)C)c(C)c1. The molecule has 0 aromatic heterocycles. The second-order valence-corrected chi connectivity index (χ2v) is 5.30. The predicted octanol–water partition coefficient (Wildman–Crippen LogP) is 2.79. The van der Waals surface area contributed by atoms with Gasteiger partial charge in [-0.3, -0.25) is 4.79 Å². The number of carbonyl (C=O) groups is 1. The number of Topliss-reactive ketones (excluding diaryl/α,β-unsaturated/α-hetero) is 1. The second kappa shape index (κ2) is 5.97. The van der Waals surface area contributed by atoms with Gasteiger partial charge in [0.25, 0.3) is 0 Å². The van der Waals surface area contributed by atoms with E-state index in [0.717, 1.165) is 0 Å². The molecule has 1 atom stereocenters. The quantitative estimate of drug-likeness (QED) is 0.849. The van der Waals surface area contributed by atoms with Crippen molar-refractivity contribution in [2.45, 2.75) is 46.6 Å². The number of carbonyl (C=O) groups excluding carboxylic acids is 1. The van der Waals surface area contributed by atoms with Gasteiger partial charge in [-0.2, -0.15) is 0 Å². The fraction of sp³-hybridized carbons (Fsp3) is 0.533. The molecule has 2 nitrogen and oxygen atoms in total. The molecule has 1 aromatic carbocycles. The maximum Gasteiger partial charge on any atom is 0.150 e. The highest BCUT2D eigenvalue weighted by Crippen LogP contribution is 2.13. The third kappa shape index (κ3) is 4.31. The molecule has 0 radical (unpaired) electrons. The Bertz CT molecular complexity index is 396. The highest BCUT2D eigenvalue weighted by atomic mass is 16.1. The van der Waals surface area contributed by atoms with Gasteiger partial charge in [0, 0.05) is 6.42 Å². The van der Waals surface area contributed by atoms with Crippen LogP contribution in [0.25, 0.3) is 0 Å². The lowest BCUT2D eigenvalue weighted by Gasteiger charge is -2.14. The fourth-order valence-electron chi connectivity index (χ4n) is 1.98. The first-order valence-corrected chi connectivity index (χ1v) is 6.24. The third-order valence-corrected chi connectivity index (χ3v) is 2.96. The van der Waals surface area contributed by atoms with Crippen LogP contribution in [0.15, 0.2) is 18.2 Å². The molecule has 94 valence electrons. The van der Waals surface area contributed by atoms with E-state index in [1.165, 1.54) is 16.7 Å².